The van der Waals surface area contributed by atoms with Crippen LogP contribution in [0.5, 0.6) is 11.5 Å². The first-order chi connectivity index (χ1) is 29.0. The van der Waals surface area contributed by atoms with E-state index in [0.29, 0.717) is 43.4 Å². The molecule has 17 heteroatoms. The summed E-state index contributed by atoms with van der Waals surface area (Å²) >= 11 is 0. The Morgan fingerprint density at radius 2 is 1.64 bits per heavy atom. The Labute approximate surface area is 360 Å². The number of hydrogen-bond acceptors (Lipinski definition) is 13. The zero-order valence-corrected chi connectivity index (χ0v) is 37.6. The number of fused-ring (bicyclic) bond motifs is 1. The van der Waals surface area contributed by atoms with Gasteiger partial charge in [0.15, 0.2) is 6.29 Å². The summed E-state index contributed by atoms with van der Waals surface area (Å²) in [6.07, 6.45) is -2.86. The van der Waals surface area contributed by atoms with E-state index in [-0.39, 0.29) is 55.1 Å². The van der Waals surface area contributed by atoms with Gasteiger partial charge in [0.05, 0.1) is 55.5 Å². The van der Waals surface area contributed by atoms with Crippen molar-refractivity contribution in [2.24, 2.45) is 11.8 Å². The lowest BCUT2D eigenvalue weighted by molar-refractivity contribution is -0.0907. The molecule has 0 saturated carbocycles. The van der Waals surface area contributed by atoms with Gasteiger partial charge in [0.1, 0.15) is 29.5 Å². The van der Waals surface area contributed by atoms with E-state index in [1.165, 1.54) is 23.5 Å². The summed E-state index contributed by atoms with van der Waals surface area (Å²) in [4.78, 5) is 13.5. The third kappa shape index (κ3) is 14.3. The van der Waals surface area contributed by atoms with E-state index in [9.17, 15) is 22.9 Å². The zero-order valence-electron chi connectivity index (χ0n) is 35.9. The standard InChI is InChI=1S/C44H62N3O12PS/c1-30(2)27-47(61(51,52)38-19-17-36(53-7)18-20-38)28-41(48)40(46-44(49)57-42-29-55-43-39(42)21-23-54-43)25-34-13-15-35(16-14-34)26-45-22-24-60(50,59-37-11-9-8-10-12-37)58-33(6)32(5)56-31(3)4/h8-20,30-31,33,39-43,45,48H,5,21-29H2,1-4,6-7H3,(H,46,49)/t33?,39-,40-,41+,42-,43+,60?/m0/s1. The number of para-hydroxylation sites is 1. The summed E-state index contributed by atoms with van der Waals surface area (Å²) in [5.74, 6) is 1.14. The Hall–Kier alpha value is -3.99. The summed E-state index contributed by atoms with van der Waals surface area (Å²) in [5.41, 5.74) is 1.70. The topological polar surface area (TPSA) is 180 Å². The van der Waals surface area contributed by atoms with Crippen molar-refractivity contribution in [2.75, 3.05) is 46.1 Å². The van der Waals surface area contributed by atoms with Crippen molar-refractivity contribution in [1.29, 1.82) is 0 Å². The number of nitrogens with one attached hydrogen (secondary N) is 2. The van der Waals surface area contributed by atoms with Crippen molar-refractivity contribution < 1.29 is 55.6 Å². The number of ether oxygens (including phenoxy) is 5. The SMILES string of the molecule is C=C(OC(C)C)C(C)OP(=O)(CCNCc1ccc(C[C@H](NC(=O)O[C@H]2CO[C@H]3OCC[C@H]32)[C@H](O)CN(CC(C)C)S(=O)(=O)c2ccc(OC)cc2)cc1)Oc1ccccc1. The molecule has 3 aromatic carbocycles. The van der Waals surface area contributed by atoms with Crippen molar-refractivity contribution in [3.05, 3.63) is 102 Å². The third-order valence-electron chi connectivity index (χ3n) is 10.2. The molecule has 336 valence electrons. The van der Waals surface area contributed by atoms with Crippen LogP contribution in [-0.2, 0) is 51.0 Å². The second kappa shape index (κ2) is 22.4. The van der Waals surface area contributed by atoms with Gasteiger partial charge >= 0.3 is 13.7 Å². The number of carbonyl (C=O) groups excluding carboxylic acids is 1. The molecule has 1 amide bonds. The van der Waals surface area contributed by atoms with Gasteiger partial charge in [0.25, 0.3) is 0 Å². The third-order valence-corrected chi connectivity index (χ3v) is 13.9. The first kappa shape index (κ1) is 48.0. The average Bonchev–Trinajstić information content (AvgIpc) is 3.85. The van der Waals surface area contributed by atoms with Crippen molar-refractivity contribution >= 4 is 23.7 Å². The fourth-order valence-electron chi connectivity index (χ4n) is 7.02. The van der Waals surface area contributed by atoms with E-state index in [2.05, 4.69) is 17.2 Å². The van der Waals surface area contributed by atoms with Crippen LogP contribution in [0.1, 0.15) is 52.2 Å². The van der Waals surface area contributed by atoms with Gasteiger partial charge < -0.3 is 43.9 Å². The number of methoxy groups -OCH3 is 1. The normalized spacial score (nSPS) is 20.1. The molecule has 5 rings (SSSR count). The number of benzene rings is 3. The van der Waals surface area contributed by atoms with Crippen LogP contribution in [0, 0.1) is 11.8 Å². The molecule has 3 aromatic rings. The number of aliphatic hydroxyl groups is 1. The number of hydrogen-bond donors (Lipinski definition) is 3. The summed E-state index contributed by atoms with van der Waals surface area (Å²) in [7, 11) is -6.20. The molecule has 0 spiro atoms. The highest BCUT2D eigenvalue weighted by atomic mass is 32.2. The maximum atomic E-state index is 14.0. The highest BCUT2D eigenvalue weighted by molar-refractivity contribution is 7.89. The van der Waals surface area contributed by atoms with E-state index in [0.717, 1.165) is 11.1 Å². The van der Waals surface area contributed by atoms with Crippen LogP contribution in [-0.4, -0.2) is 107 Å². The Kier molecular flexibility index (Phi) is 17.6. The Morgan fingerprint density at radius 1 is 0.951 bits per heavy atom. The minimum atomic E-state index is -4.04. The number of carbonyl (C=O) groups is 1. The van der Waals surface area contributed by atoms with E-state index < -0.39 is 54.4 Å². The number of rotatable bonds is 24. The Bertz CT molecular complexity index is 2000. The molecule has 0 bridgehead atoms. The summed E-state index contributed by atoms with van der Waals surface area (Å²) < 4.78 is 82.9. The minimum absolute atomic E-state index is 0.0552. The van der Waals surface area contributed by atoms with E-state index in [4.69, 9.17) is 32.7 Å². The second-order valence-corrected chi connectivity index (χ2v) is 20.0. The number of amides is 1. The molecule has 2 unspecified atom stereocenters. The van der Waals surface area contributed by atoms with Crippen LogP contribution >= 0.6 is 7.60 Å². The van der Waals surface area contributed by atoms with Gasteiger partial charge in [-0.2, -0.15) is 4.31 Å². The van der Waals surface area contributed by atoms with Crippen LogP contribution in [0.4, 0.5) is 4.79 Å². The molecule has 0 aromatic heterocycles. The predicted molar refractivity (Wildman–Crippen MR) is 231 cm³/mol. The molecule has 2 aliphatic rings. The lowest BCUT2D eigenvalue weighted by atomic mass is 10.00. The van der Waals surface area contributed by atoms with E-state index in [1.54, 1.807) is 43.3 Å². The van der Waals surface area contributed by atoms with Crippen LogP contribution in [0.2, 0.25) is 0 Å². The van der Waals surface area contributed by atoms with E-state index >= 15 is 0 Å². The number of sulfonamides is 1. The van der Waals surface area contributed by atoms with Crippen molar-refractivity contribution in [1.82, 2.24) is 14.9 Å². The molecular formula is C44H62N3O12PS. The number of alkyl carbamates (subject to hydrolysis) is 1. The lowest BCUT2D eigenvalue weighted by Crippen LogP contribution is -2.51. The molecule has 2 heterocycles. The van der Waals surface area contributed by atoms with Gasteiger partial charge in [-0.1, -0.05) is 62.9 Å². The molecule has 7 atom stereocenters. The van der Waals surface area contributed by atoms with Gasteiger partial charge in [0, 0.05) is 26.2 Å². The van der Waals surface area contributed by atoms with Crippen LogP contribution in [0.25, 0.3) is 0 Å². The van der Waals surface area contributed by atoms with Crippen molar-refractivity contribution in [3.63, 3.8) is 0 Å². The van der Waals surface area contributed by atoms with Gasteiger partial charge in [0.2, 0.25) is 10.0 Å². The summed E-state index contributed by atoms with van der Waals surface area (Å²) in [5, 5.41) is 17.9. The summed E-state index contributed by atoms with van der Waals surface area (Å²) in [6.45, 7) is 14.5. The predicted octanol–water partition coefficient (Wildman–Crippen LogP) is 6.51. The van der Waals surface area contributed by atoms with Crippen LogP contribution in [0.15, 0.2) is 96.1 Å². The Balaban J connectivity index is 1.25. The first-order valence-electron chi connectivity index (χ1n) is 20.7. The molecule has 0 radical (unpaired) electrons. The molecule has 0 aliphatic carbocycles. The lowest BCUT2D eigenvalue weighted by Gasteiger charge is -2.31. The minimum Gasteiger partial charge on any atom is -0.497 e. The van der Waals surface area contributed by atoms with Gasteiger partial charge in [-0.3, -0.25) is 4.52 Å². The van der Waals surface area contributed by atoms with Crippen molar-refractivity contribution in [3.8, 4) is 11.5 Å². The zero-order chi connectivity index (χ0) is 44.2. The van der Waals surface area contributed by atoms with Crippen molar-refractivity contribution in [2.45, 2.75) is 95.6 Å². The molecule has 61 heavy (non-hydrogen) atoms. The van der Waals surface area contributed by atoms with Gasteiger partial charge in [-0.25, -0.2) is 17.8 Å². The maximum absolute atomic E-state index is 14.0. The molecular weight excluding hydrogens is 826 g/mol. The largest absolute Gasteiger partial charge is 0.497 e. The molecule has 15 nitrogen and oxygen atoms in total. The second-order valence-electron chi connectivity index (χ2n) is 16.0. The Morgan fingerprint density at radius 3 is 2.30 bits per heavy atom. The monoisotopic (exact) mass is 887 g/mol. The summed E-state index contributed by atoms with van der Waals surface area (Å²) in [6, 6.07) is 21.6. The number of aliphatic hydroxyl groups excluding tert-OH is 1. The molecule has 2 fully saturated rings. The smallest absolute Gasteiger partial charge is 0.407 e. The highest BCUT2D eigenvalue weighted by Crippen LogP contribution is 2.49. The quantitative estimate of drug-likeness (QED) is 0.0504. The van der Waals surface area contributed by atoms with Gasteiger partial charge in [-0.15, -0.1) is 0 Å². The van der Waals surface area contributed by atoms with Gasteiger partial charge in [-0.05, 0) is 87.1 Å². The first-order valence-corrected chi connectivity index (χ1v) is 23.9. The molecule has 2 aliphatic heterocycles. The average molecular weight is 888 g/mol. The molecule has 3 N–H and O–H groups in total. The van der Waals surface area contributed by atoms with E-state index in [1.807, 2.05) is 58.0 Å². The fraction of sp³-hybridized carbons (Fsp3) is 0.523. The molecule has 2 saturated heterocycles. The highest BCUT2D eigenvalue weighted by Gasteiger charge is 2.44. The van der Waals surface area contributed by atoms with Crippen LogP contribution < -0.4 is 19.9 Å². The fourth-order valence-corrected chi connectivity index (χ4v) is 10.4. The van der Waals surface area contributed by atoms with Crippen LogP contribution in [0.3, 0.4) is 0 Å². The maximum Gasteiger partial charge on any atom is 0.407 e. The number of nitrogens with zero attached hydrogens (tertiary/aromatic N) is 1.